The smallest absolute Gasteiger partial charge is 0.302 e. The molecule has 0 unspecified atom stereocenters. The molecule has 22 heavy (non-hydrogen) atoms. The fourth-order valence-electron chi connectivity index (χ4n) is 3.63. The van der Waals surface area contributed by atoms with Crippen LogP contribution in [0, 0.1) is 0 Å². The number of carbonyl (C=O) groups is 1. The van der Waals surface area contributed by atoms with Crippen molar-refractivity contribution < 1.29 is 14.3 Å². The van der Waals surface area contributed by atoms with Gasteiger partial charge in [0, 0.05) is 23.5 Å². The number of hydrogen-bond donors (Lipinski definition) is 0. The van der Waals surface area contributed by atoms with Gasteiger partial charge in [0.1, 0.15) is 6.10 Å². The molecule has 3 rings (SSSR count). The second-order valence-electron chi connectivity index (χ2n) is 6.32. The lowest BCUT2D eigenvalue weighted by Crippen LogP contribution is -2.52. The molecule has 2 fully saturated rings. The van der Waals surface area contributed by atoms with E-state index >= 15 is 0 Å². The van der Waals surface area contributed by atoms with Crippen molar-refractivity contribution in [3.8, 4) is 0 Å². The molecule has 2 atom stereocenters. The number of rotatable bonds is 3. The van der Waals surface area contributed by atoms with Gasteiger partial charge in [0.15, 0.2) is 0 Å². The topological polar surface area (TPSA) is 35.5 Å². The highest BCUT2D eigenvalue weighted by Crippen LogP contribution is 2.46. The van der Waals surface area contributed by atoms with Gasteiger partial charge in [-0.3, -0.25) is 4.79 Å². The minimum atomic E-state index is -0.211. The van der Waals surface area contributed by atoms with E-state index in [0.717, 1.165) is 19.3 Å². The molecule has 120 valence electrons. The van der Waals surface area contributed by atoms with Gasteiger partial charge in [-0.1, -0.05) is 37.5 Å². The number of esters is 1. The van der Waals surface area contributed by atoms with Crippen molar-refractivity contribution in [3.63, 3.8) is 0 Å². The molecule has 1 aliphatic heterocycles. The molecule has 1 aromatic rings. The second kappa shape index (κ2) is 7.05. The summed E-state index contributed by atoms with van der Waals surface area (Å²) in [5.41, 5.74) is -0.0323. The highest BCUT2D eigenvalue weighted by Gasteiger charge is 2.46. The van der Waals surface area contributed by atoms with Crippen molar-refractivity contribution in [1.82, 2.24) is 0 Å². The number of ether oxygens (including phenoxy) is 2. The Morgan fingerprint density at radius 3 is 2.64 bits per heavy atom. The van der Waals surface area contributed by atoms with Gasteiger partial charge in [-0.15, -0.1) is 11.8 Å². The van der Waals surface area contributed by atoms with Crippen LogP contribution in [0.25, 0.3) is 0 Å². The molecule has 1 aliphatic carbocycles. The first kappa shape index (κ1) is 15.9. The lowest BCUT2D eigenvalue weighted by atomic mass is 9.79. The summed E-state index contributed by atoms with van der Waals surface area (Å²) >= 11 is 1.88. The molecule has 1 heterocycles. The van der Waals surface area contributed by atoms with Crippen LogP contribution in [0.3, 0.4) is 0 Å². The van der Waals surface area contributed by atoms with E-state index in [-0.39, 0.29) is 17.7 Å². The predicted molar refractivity (Wildman–Crippen MR) is 88.0 cm³/mol. The Hall–Kier alpha value is -1.00. The molecular formula is C18H24O3S. The third-order valence-corrected chi connectivity index (χ3v) is 6.13. The largest absolute Gasteiger partial charge is 0.460 e. The van der Waals surface area contributed by atoms with Crippen molar-refractivity contribution >= 4 is 17.7 Å². The van der Waals surface area contributed by atoms with Crippen LogP contribution in [0.1, 0.15) is 45.4 Å². The molecule has 0 aromatic heterocycles. The average molecular weight is 320 g/mol. The van der Waals surface area contributed by atoms with Gasteiger partial charge < -0.3 is 9.47 Å². The SMILES string of the molecule is CC(=O)O[C@H]1COC2(CCCCC2)[C@H](Sc2ccccc2)C1. The fraction of sp³-hybridized carbons (Fsp3) is 0.611. The number of hydrogen-bond acceptors (Lipinski definition) is 4. The summed E-state index contributed by atoms with van der Waals surface area (Å²) in [5.74, 6) is -0.211. The predicted octanol–water partition coefficient (Wildman–Crippen LogP) is 4.20. The molecule has 1 spiro atoms. The van der Waals surface area contributed by atoms with Crippen molar-refractivity contribution in [2.75, 3.05) is 6.61 Å². The summed E-state index contributed by atoms with van der Waals surface area (Å²) in [5, 5.41) is 0.355. The summed E-state index contributed by atoms with van der Waals surface area (Å²) in [6.45, 7) is 2.02. The Bertz CT molecular complexity index is 496. The van der Waals surface area contributed by atoms with Gasteiger partial charge in [0.05, 0.1) is 12.2 Å². The Morgan fingerprint density at radius 2 is 1.95 bits per heavy atom. The van der Waals surface area contributed by atoms with Crippen LogP contribution in [0.15, 0.2) is 35.2 Å². The molecule has 0 bridgehead atoms. The van der Waals surface area contributed by atoms with Crippen molar-refractivity contribution in [1.29, 1.82) is 0 Å². The molecule has 1 aromatic carbocycles. The van der Waals surface area contributed by atoms with Gasteiger partial charge in [-0.2, -0.15) is 0 Å². The number of carbonyl (C=O) groups excluding carboxylic acids is 1. The van der Waals surface area contributed by atoms with Crippen molar-refractivity contribution in [3.05, 3.63) is 30.3 Å². The zero-order valence-electron chi connectivity index (χ0n) is 13.1. The molecule has 3 nitrogen and oxygen atoms in total. The normalized spacial score (nSPS) is 27.5. The first-order valence-electron chi connectivity index (χ1n) is 8.21. The van der Waals surface area contributed by atoms with Gasteiger partial charge in [-0.05, 0) is 25.0 Å². The van der Waals surface area contributed by atoms with E-state index in [2.05, 4.69) is 24.3 Å². The van der Waals surface area contributed by atoms with Crippen LogP contribution in [-0.2, 0) is 14.3 Å². The van der Waals surface area contributed by atoms with E-state index in [0.29, 0.717) is 11.9 Å². The lowest BCUT2D eigenvalue weighted by Gasteiger charge is -2.48. The van der Waals surface area contributed by atoms with Crippen LogP contribution in [0.5, 0.6) is 0 Å². The zero-order valence-corrected chi connectivity index (χ0v) is 13.9. The first-order valence-corrected chi connectivity index (χ1v) is 9.09. The molecule has 1 saturated heterocycles. The molecule has 4 heteroatoms. The van der Waals surface area contributed by atoms with E-state index < -0.39 is 0 Å². The minimum absolute atomic E-state index is 0.0323. The molecule has 0 radical (unpaired) electrons. The number of benzene rings is 1. The van der Waals surface area contributed by atoms with Crippen molar-refractivity contribution in [2.24, 2.45) is 0 Å². The summed E-state index contributed by atoms with van der Waals surface area (Å²) in [6, 6.07) is 10.5. The highest BCUT2D eigenvalue weighted by atomic mass is 32.2. The molecule has 0 amide bonds. The maximum Gasteiger partial charge on any atom is 0.302 e. The zero-order chi connectivity index (χ0) is 15.4. The maximum absolute atomic E-state index is 11.3. The fourth-order valence-corrected chi connectivity index (χ4v) is 5.10. The summed E-state index contributed by atoms with van der Waals surface area (Å²) in [6.07, 6.45) is 6.83. The third-order valence-electron chi connectivity index (χ3n) is 4.67. The van der Waals surface area contributed by atoms with E-state index in [1.807, 2.05) is 17.8 Å². The number of thioether (sulfide) groups is 1. The minimum Gasteiger partial charge on any atom is -0.460 e. The van der Waals surface area contributed by atoms with Gasteiger partial charge in [-0.25, -0.2) is 0 Å². The van der Waals surface area contributed by atoms with Crippen LogP contribution >= 0.6 is 11.8 Å². The van der Waals surface area contributed by atoms with Crippen molar-refractivity contribution in [2.45, 2.75) is 67.3 Å². The van der Waals surface area contributed by atoms with Gasteiger partial charge in [0.25, 0.3) is 0 Å². The molecule has 1 saturated carbocycles. The van der Waals surface area contributed by atoms with E-state index in [1.165, 1.54) is 31.1 Å². The summed E-state index contributed by atoms with van der Waals surface area (Å²) in [7, 11) is 0. The van der Waals surface area contributed by atoms with Gasteiger partial charge >= 0.3 is 5.97 Å². The van der Waals surface area contributed by atoms with E-state index in [9.17, 15) is 4.79 Å². The molecular weight excluding hydrogens is 296 g/mol. The summed E-state index contributed by atoms with van der Waals surface area (Å²) in [4.78, 5) is 12.5. The Kier molecular flexibility index (Phi) is 5.09. The quantitative estimate of drug-likeness (QED) is 0.782. The van der Waals surface area contributed by atoms with Crippen LogP contribution in [0.4, 0.5) is 0 Å². The maximum atomic E-state index is 11.3. The average Bonchev–Trinajstić information content (AvgIpc) is 2.52. The van der Waals surface area contributed by atoms with Crippen LogP contribution in [-0.4, -0.2) is 29.5 Å². The molecule has 0 N–H and O–H groups in total. The third kappa shape index (κ3) is 3.66. The standard InChI is InChI=1S/C18H24O3S/c1-14(19)21-15-12-17(22-16-8-4-2-5-9-16)18(20-13-15)10-6-3-7-11-18/h2,4-5,8-9,15,17H,3,6-7,10-13H2,1H3/t15-,17-/m1/s1. The Morgan fingerprint density at radius 1 is 1.23 bits per heavy atom. The Labute approximate surface area is 136 Å². The highest BCUT2D eigenvalue weighted by molar-refractivity contribution is 8.00. The lowest BCUT2D eigenvalue weighted by molar-refractivity contribution is -0.170. The van der Waals surface area contributed by atoms with E-state index in [4.69, 9.17) is 9.47 Å². The van der Waals surface area contributed by atoms with Crippen LogP contribution < -0.4 is 0 Å². The monoisotopic (exact) mass is 320 g/mol. The first-order chi connectivity index (χ1) is 10.7. The van der Waals surface area contributed by atoms with Crippen LogP contribution in [0.2, 0.25) is 0 Å². The summed E-state index contributed by atoms with van der Waals surface area (Å²) < 4.78 is 11.7. The van der Waals surface area contributed by atoms with Gasteiger partial charge in [0.2, 0.25) is 0 Å². The molecule has 2 aliphatic rings. The second-order valence-corrected chi connectivity index (χ2v) is 7.60. The van der Waals surface area contributed by atoms with E-state index in [1.54, 1.807) is 0 Å². The Balaban J connectivity index is 1.76.